The minimum atomic E-state index is -0.450. The summed E-state index contributed by atoms with van der Waals surface area (Å²) in [5.74, 6) is 0.860. The molecule has 2 aromatic rings. The van der Waals surface area contributed by atoms with Crippen LogP contribution in [0, 0.1) is 18.3 Å². The average Bonchev–Trinajstić information content (AvgIpc) is 2.55. The predicted molar refractivity (Wildman–Crippen MR) is 89.4 cm³/mol. The van der Waals surface area contributed by atoms with Crippen LogP contribution in [0.1, 0.15) is 43.2 Å². The average molecular weight is 322 g/mol. The van der Waals surface area contributed by atoms with Gasteiger partial charge in [0.1, 0.15) is 23.0 Å². The molecule has 24 heavy (non-hydrogen) atoms. The van der Waals surface area contributed by atoms with Gasteiger partial charge in [-0.2, -0.15) is 5.26 Å². The van der Waals surface area contributed by atoms with Crippen molar-refractivity contribution in [1.29, 1.82) is 5.26 Å². The van der Waals surface area contributed by atoms with Crippen molar-refractivity contribution in [3.8, 4) is 11.8 Å². The van der Waals surface area contributed by atoms with Crippen LogP contribution in [-0.4, -0.2) is 0 Å². The molecule has 1 fully saturated rings. The molecule has 0 radical (unpaired) electrons. The van der Waals surface area contributed by atoms with E-state index in [9.17, 15) is 10.1 Å². The lowest BCUT2D eigenvalue weighted by molar-refractivity contribution is 0.291. The van der Waals surface area contributed by atoms with E-state index in [4.69, 9.17) is 14.9 Å². The van der Waals surface area contributed by atoms with Gasteiger partial charge in [0.2, 0.25) is 5.88 Å². The fourth-order valence-electron chi connectivity index (χ4n) is 4.34. The first-order valence-corrected chi connectivity index (χ1v) is 8.23. The summed E-state index contributed by atoms with van der Waals surface area (Å²) in [6.45, 7) is 1.89. The Hall–Kier alpha value is -2.74. The van der Waals surface area contributed by atoms with E-state index in [0.29, 0.717) is 16.9 Å². The van der Waals surface area contributed by atoms with Gasteiger partial charge >= 0.3 is 5.63 Å². The van der Waals surface area contributed by atoms with Crippen LogP contribution in [0.4, 0.5) is 0 Å². The molecular weight excluding hydrogens is 304 g/mol. The Morgan fingerprint density at radius 3 is 2.71 bits per heavy atom. The summed E-state index contributed by atoms with van der Waals surface area (Å²) in [7, 11) is 0. The van der Waals surface area contributed by atoms with Crippen molar-refractivity contribution in [2.75, 3.05) is 0 Å². The molecule has 1 saturated carbocycles. The lowest BCUT2D eigenvalue weighted by Gasteiger charge is -2.41. The van der Waals surface area contributed by atoms with Crippen LogP contribution in [-0.2, 0) is 5.41 Å². The topological polar surface area (TPSA) is 89.2 Å². The van der Waals surface area contributed by atoms with Crippen molar-refractivity contribution in [2.24, 2.45) is 5.73 Å². The second kappa shape index (κ2) is 5.13. The van der Waals surface area contributed by atoms with Crippen molar-refractivity contribution in [1.82, 2.24) is 0 Å². The first kappa shape index (κ1) is 14.8. The van der Waals surface area contributed by atoms with E-state index in [-0.39, 0.29) is 11.5 Å². The molecule has 2 heterocycles. The van der Waals surface area contributed by atoms with E-state index in [1.54, 1.807) is 12.1 Å². The van der Waals surface area contributed by atoms with Gasteiger partial charge < -0.3 is 14.9 Å². The molecule has 122 valence electrons. The quantitative estimate of drug-likeness (QED) is 0.751. The lowest BCUT2D eigenvalue weighted by atomic mass is 9.63. The van der Waals surface area contributed by atoms with E-state index in [1.165, 1.54) is 6.07 Å². The summed E-state index contributed by atoms with van der Waals surface area (Å²) in [5, 5.41) is 10.6. The van der Waals surface area contributed by atoms with Gasteiger partial charge in [-0.15, -0.1) is 0 Å². The molecule has 4 rings (SSSR count). The van der Waals surface area contributed by atoms with Gasteiger partial charge in [0.05, 0.1) is 0 Å². The molecule has 1 aromatic carbocycles. The molecule has 1 aromatic heterocycles. The van der Waals surface area contributed by atoms with Gasteiger partial charge in [-0.25, -0.2) is 4.79 Å². The Morgan fingerprint density at radius 1 is 1.25 bits per heavy atom. The fourth-order valence-corrected chi connectivity index (χ4v) is 4.34. The minimum Gasteiger partial charge on any atom is -0.440 e. The molecule has 0 saturated heterocycles. The van der Waals surface area contributed by atoms with Gasteiger partial charge in [-0.05, 0) is 37.5 Å². The van der Waals surface area contributed by atoms with Crippen LogP contribution in [0.2, 0.25) is 0 Å². The molecule has 2 N–H and O–H groups in total. The number of nitrogens with two attached hydrogens (primary N) is 1. The number of allylic oxidation sites excluding steroid dienone is 1. The zero-order valence-corrected chi connectivity index (χ0v) is 13.5. The highest BCUT2D eigenvalue weighted by Gasteiger charge is 2.46. The van der Waals surface area contributed by atoms with Crippen molar-refractivity contribution >= 4 is 11.0 Å². The molecule has 5 heteroatoms. The van der Waals surface area contributed by atoms with Crippen LogP contribution in [0.3, 0.4) is 0 Å². The van der Waals surface area contributed by atoms with E-state index in [2.05, 4.69) is 6.07 Å². The number of hydrogen-bond donors (Lipinski definition) is 1. The number of nitrogens with zero attached hydrogens (tertiary/aromatic N) is 1. The van der Waals surface area contributed by atoms with E-state index in [0.717, 1.165) is 48.6 Å². The number of hydrogen-bond acceptors (Lipinski definition) is 5. The third-order valence-electron chi connectivity index (χ3n) is 5.31. The summed E-state index contributed by atoms with van der Waals surface area (Å²) < 4.78 is 11.2. The van der Waals surface area contributed by atoms with Gasteiger partial charge in [-0.3, -0.25) is 0 Å². The first-order chi connectivity index (χ1) is 11.6. The van der Waals surface area contributed by atoms with Crippen molar-refractivity contribution in [3.05, 3.63) is 51.2 Å². The second-order valence-electron chi connectivity index (χ2n) is 6.66. The Kier molecular flexibility index (Phi) is 3.17. The van der Waals surface area contributed by atoms with Crippen molar-refractivity contribution < 1.29 is 9.15 Å². The number of benzene rings is 1. The Labute approximate surface area is 139 Å². The number of ether oxygens (including phenoxy) is 1. The summed E-state index contributed by atoms with van der Waals surface area (Å²) in [6.07, 6.45) is 4.92. The van der Waals surface area contributed by atoms with Gasteiger partial charge in [0.25, 0.3) is 0 Å². The standard InChI is InChI=1S/C19H18N2O3/c1-11-9-15(22)23-13-5-6-14-17(16(11)13)19(7-3-2-4-8-19)12(10-20)18(21)24-14/h5-6,9H,2-4,7-8,21H2,1H3. The van der Waals surface area contributed by atoms with Crippen LogP contribution in [0.25, 0.3) is 11.0 Å². The maximum absolute atomic E-state index is 11.7. The summed E-state index contributed by atoms with van der Waals surface area (Å²) >= 11 is 0. The highest BCUT2D eigenvalue weighted by atomic mass is 16.5. The third-order valence-corrected chi connectivity index (χ3v) is 5.31. The van der Waals surface area contributed by atoms with E-state index in [1.807, 2.05) is 6.92 Å². The molecule has 0 atom stereocenters. The first-order valence-electron chi connectivity index (χ1n) is 8.23. The molecule has 1 aliphatic heterocycles. The summed E-state index contributed by atoms with van der Waals surface area (Å²) in [6, 6.07) is 7.31. The van der Waals surface area contributed by atoms with Crippen molar-refractivity contribution in [3.63, 3.8) is 0 Å². The van der Waals surface area contributed by atoms with E-state index >= 15 is 0 Å². The summed E-state index contributed by atoms with van der Waals surface area (Å²) in [5.41, 5.74) is 8.09. The lowest BCUT2D eigenvalue weighted by Crippen LogP contribution is -2.37. The monoisotopic (exact) mass is 322 g/mol. The number of fused-ring (bicyclic) bond motifs is 4. The highest BCUT2D eigenvalue weighted by molar-refractivity contribution is 5.89. The number of rotatable bonds is 0. The molecule has 0 bridgehead atoms. The number of nitriles is 1. The van der Waals surface area contributed by atoms with Gasteiger partial charge in [0, 0.05) is 22.4 Å². The maximum atomic E-state index is 11.7. The van der Waals surface area contributed by atoms with Crippen LogP contribution < -0.4 is 16.1 Å². The van der Waals surface area contributed by atoms with Crippen LogP contribution >= 0.6 is 0 Å². The van der Waals surface area contributed by atoms with Gasteiger partial charge in [-0.1, -0.05) is 19.3 Å². The number of aryl methyl sites for hydroxylation is 1. The second-order valence-corrected chi connectivity index (χ2v) is 6.66. The Balaban J connectivity index is 2.14. The molecule has 5 nitrogen and oxygen atoms in total. The molecular formula is C19H18N2O3. The Morgan fingerprint density at radius 2 is 2.00 bits per heavy atom. The molecule has 0 amide bonds. The smallest absolute Gasteiger partial charge is 0.336 e. The largest absolute Gasteiger partial charge is 0.440 e. The normalized spacial score (nSPS) is 19.0. The maximum Gasteiger partial charge on any atom is 0.336 e. The van der Waals surface area contributed by atoms with Crippen molar-refractivity contribution in [2.45, 2.75) is 44.4 Å². The third kappa shape index (κ3) is 1.89. The fraction of sp³-hybridized carbons (Fsp3) is 0.368. The Bertz CT molecular complexity index is 972. The van der Waals surface area contributed by atoms with Crippen LogP contribution in [0.5, 0.6) is 5.75 Å². The molecule has 1 aliphatic carbocycles. The molecule has 2 aliphatic rings. The molecule has 0 unspecified atom stereocenters. The zero-order chi connectivity index (χ0) is 16.9. The SMILES string of the molecule is Cc1cc(=O)oc2ccc3c(c12)C1(CCCCC1)C(C#N)=C(N)O3. The van der Waals surface area contributed by atoms with Gasteiger partial charge in [0.15, 0.2) is 0 Å². The highest BCUT2D eigenvalue weighted by Crippen LogP contribution is 2.53. The summed E-state index contributed by atoms with van der Waals surface area (Å²) in [4.78, 5) is 11.7. The van der Waals surface area contributed by atoms with E-state index < -0.39 is 5.41 Å². The predicted octanol–water partition coefficient (Wildman–Crippen LogP) is 3.39. The zero-order valence-electron chi connectivity index (χ0n) is 13.5. The van der Waals surface area contributed by atoms with Crippen LogP contribution in [0.15, 0.2) is 38.9 Å². The molecule has 1 spiro atoms. The minimum absolute atomic E-state index is 0.196.